The molecule has 0 radical (unpaired) electrons. The number of ether oxygens (including phenoxy) is 1. The van der Waals surface area contributed by atoms with Gasteiger partial charge in [-0.25, -0.2) is 4.79 Å². The lowest BCUT2D eigenvalue weighted by molar-refractivity contribution is 0.0236. The number of nitrogens with zero attached hydrogens (tertiary/aromatic N) is 1. The predicted octanol–water partition coefficient (Wildman–Crippen LogP) is 3.03. The van der Waals surface area contributed by atoms with E-state index in [0.717, 1.165) is 25.2 Å². The number of likely N-dealkylation sites (tertiary alicyclic amines) is 1. The summed E-state index contributed by atoms with van der Waals surface area (Å²) < 4.78 is 5.50. The molecule has 1 saturated heterocycles. The normalized spacial score (nSPS) is 18.0. The van der Waals surface area contributed by atoms with Gasteiger partial charge in [-0.1, -0.05) is 24.1 Å². The van der Waals surface area contributed by atoms with Crippen LogP contribution in [0.3, 0.4) is 0 Å². The van der Waals surface area contributed by atoms with Gasteiger partial charge in [0.25, 0.3) is 0 Å². The van der Waals surface area contributed by atoms with Gasteiger partial charge >= 0.3 is 5.97 Å². The standard InChI is InChI=1S/C16H23NO2/c1-13-6-8-15(9-7-13)16(18)19-14(2)12-17-10-4-3-5-11-17/h6-9,14H,3-5,10-12H2,1-2H3/t14-/m1/s1. The van der Waals surface area contributed by atoms with E-state index in [-0.39, 0.29) is 12.1 Å². The minimum Gasteiger partial charge on any atom is -0.458 e. The monoisotopic (exact) mass is 261 g/mol. The van der Waals surface area contributed by atoms with Crippen molar-refractivity contribution in [1.29, 1.82) is 0 Å². The fourth-order valence-electron chi connectivity index (χ4n) is 2.48. The lowest BCUT2D eigenvalue weighted by Gasteiger charge is -2.28. The quantitative estimate of drug-likeness (QED) is 0.780. The first-order valence-electron chi connectivity index (χ1n) is 7.15. The minimum absolute atomic E-state index is 0.0492. The van der Waals surface area contributed by atoms with E-state index in [1.165, 1.54) is 19.3 Å². The molecule has 0 N–H and O–H groups in total. The van der Waals surface area contributed by atoms with Crippen LogP contribution in [0, 0.1) is 6.92 Å². The number of aryl methyl sites for hydroxylation is 1. The Labute approximate surface area is 115 Å². The van der Waals surface area contributed by atoms with Crippen LogP contribution in [-0.4, -0.2) is 36.6 Å². The van der Waals surface area contributed by atoms with Crippen LogP contribution in [0.1, 0.15) is 42.1 Å². The molecule has 1 aliphatic heterocycles. The molecule has 1 atom stereocenters. The van der Waals surface area contributed by atoms with Crippen molar-refractivity contribution in [3.63, 3.8) is 0 Å². The first-order valence-corrected chi connectivity index (χ1v) is 7.15. The van der Waals surface area contributed by atoms with Crippen LogP contribution in [0.2, 0.25) is 0 Å². The number of carbonyl (C=O) groups is 1. The third-order valence-electron chi connectivity index (χ3n) is 3.56. The van der Waals surface area contributed by atoms with Crippen molar-refractivity contribution >= 4 is 5.97 Å². The summed E-state index contributed by atoms with van der Waals surface area (Å²) in [5.74, 6) is -0.218. The van der Waals surface area contributed by atoms with Gasteiger partial charge in [-0.3, -0.25) is 4.90 Å². The Hall–Kier alpha value is -1.35. The number of carbonyl (C=O) groups excluding carboxylic acids is 1. The number of benzene rings is 1. The first kappa shape index (κ1) is 14.1. The Balaban J connectivity index is 1.82. The van der Waals surface area contributed by atoms with Gasteiger partial charge in [-0.2, -0.15) is 0 Å². The summed E-state index contributed by atoms with van der Waals surface area (Å²) in [4.78, 5) is 14.4. The van der Waals surface area contributed by atoms with Gasteiger partial charge < -0.3 is 4.74 Å². The molecule has 2 rings (SSSR count). The molecule has 1 fully saturated rings. The molecule has 0 amide bonds. The summed E-state index contributed by atoms with van der Waals surface area (Å²) in [6, 6.07) is 7.52. The maximum absolute atomic E-state index is 12.0. The van der Waals surface area contributed by atoms with E-state index in [1.54, 1.807) is 0 Å². The highest BCUT2D eigenvalue weighted by Crippen LogP contribution is 2.11. The second-order valence-corrected chi connectivity index (χ2v) is 5.44. The molecule has 0 aliphatic carbocycles. The van der Waals surface area contributed by atoms with E-state index in [4.69, 9.17) is 4.74 Å². The van der Waals surface area contributed by atoms with E-state index in [0.29, 0.717) is 5.56 Å². The highest BCUT2D eigenvalue weighted by molar-refractivity contribution is 5.89. The van der Waals surface area contributed by atoms with Crippen molar-refractivity contribution < 1.29 is 9.53 Å². The van der Waals surface area contributed by atoms with E-state index >= 15 is 0 Å². The second-order valence-electron chi connectivity index (χ2n) is 5.44. The van der Waals surface area contributed by atoms with Crippen molar-refractivity contribution in [2.45, 2.75) is 39.2 Å². The van der Waals surface area contributed by atoms with Crippen molar-refractivity contribution in [2.24, 2.45) is 0 Å². The number of hydrogen-bond acceptors (Lipinski definition) is 3. The maximum Gasteiger partial charge on any atom is 0.338 e. The summed E-state index contributed by atoms with van der Waals surface area (Å²) in [6.07, 6.45) is 3.80. The number of rotatable bonds is 4. The molecule has 1 aliphatic rings. The van der Waals surface area contributed by atoms with Gasteiger partial charge in [0.15, 0.2) is 0 Å². The summed E-state index contributed by atoms with van der Waals surface area (Å²) in [5, 5.41) is 0. The van der Waals surface area contributed by atoms with Crippen LogP contribution in [0.15, 0.2) is 24.3 Å². The fourth-order valence-corrected chi connectivity index (χ4v) is 2.48. The SMILES string of the molecule is Cc1ccc(C(=O)O[C@H](C)CN2CCCCC2)cc1. The van der Waals surface area contributed by atoms with Crippen LogP contribution >= 0.6 is 0 Å². The number of piperidine rings is 1. The Morgan fingerprint density at radius 1 is 1.21 bits per heavy atom. The van der Waals surface area contributed by atoms with Gasteiger partial charge in [0, 0.05) is 6.54 Å². The van der Waals surface area contributed by atoms with Crippen LogP contribution in [0.25, 0.3) is 0 Å². The Bertz CT molecular complexity index is 407. The molecule has 0 spiro atoms. The first-order chi connectivity index (χ1) is 9.15. The molecule has 19 heavy (non-hydrogen) atoms. The van der Waals surface area contributed by atoms with Crippen molar-refractivity contribution in [3.8, 4) is 0 Å². The maximum atomic E-state index is 12.0. The zero-order chi connectivity index (χ0) is 13.7. The Morgan fingerprint density at radius 3 is 2.47 bits per heavy atom. The van der Waals surface area contributed by atoms with Gasteiger partial charge in [0.05, 0.1) is 5.56 Å². The molecule has 3 nitrogen and oxygen atoms in total. The van der Waals surface area contributed by atoms with Gasteiger partial charge in [-0.15, -0.1) is 0 Å². The van der Waals surface area contributed by atoms with E-state index in [9.17, 15) is 4.79 Å². The molecule has 0 unspecified atom stereocenters. The molecule has 104 valence electrons. The summed E-state index contributed by atoms with van der Waals surface area (Å²) in [5.41, 5.74) is 1.79. The van der Waals surface area contributed by atoms with Crippen LogP contribution < -0.4 is 0 Å². The van der Waals surface area contributed by atoms with Crippen LogP contribution in [-0.2, 0) is 4.74 Å². The molecule has 1 aromatic carbocycles. The molecule has 0 saturated carbocycles. The molecule has 1 aromatic rings. The topological polar surface area (TPSA) is 29.5 Å². The predicted molar refractivity (Wildman–Crippen MR) is 76.3 cm³/mol. The molecular weight excluding hydrogens is 238 g/mol. The molecule has 0 bridgehead atoms. The largest absolute Gasteiger partial charge is 0.458 e. The van der Waals surface area contributed by atoms with Crippen LogP contribution in [0.5, 0.6) is 0 Å². The molecular formula is C16H23NO2. The number of hydrogen-bond donors (Lipinski definition) is 0. The fraction of sp³-hybridized carbons (Fsp3) is 0.562. The summed E-state index contributed by atoms with van der Waals surface area (Å²) >= 11 is 0. The Morgan fingerprint density at radius 2 is 1.84 bits per heavy atom. The molecule has 3 heteroatoms. The average molecular weight is 261 g/mol. The van der Waals surface area contributed by atoms with E-state index in [1.807, 2.05) is 38.1 Å². The van der Waals surface area contributed by atoms with Crippen molar-refractivity contribution in [1.82, 2.24) is 4.90 Å². The lowest BCUT2D eigenvalue weighted by atomic mass is 10.1. The smallest absolute Gasteiger partial charge is 0.338 e. The summed E-state index contributed by atoms with van der Waals surface area (Å²) in [6.45, 7) is 7.09. The molecule has 1 heterocycles. The van der Waals surface area contributed by atoms with Crippen molar-refractivity contribution in [2.75, 3.05) is 19.6 Å². The zero-order valence-electron chi connectivity index (χ0n) is 11.9. The van der Waals surface area contributed by atoms with Crippen molar-refractivity contribution in [3.05, 3.63) is 35.4 Å². The van der Waals surface area contributed by atoms with Gasteiger partial charge in [-0.05, 0) is 51.9 Å². The van der Waals surface area contributed by atoms with E-state index in [2.05, 4.69) is 4.90 Å². The third kappa shape index (κ3) is 4.35. The third-order valence-corrected chi connectivity index (χ3v) is 3.56. The average Bonchev–Trinajstić information content (AvgIpc) is 2.40. The highest BCUT2D eigenvalue weighted by atomic mass is 16.5. The van der Waals surface area contributed by atoms with Gasteiger partial charge in [0.1, 0.15) is 6.10 Å². The van der Waals surface area contributed by atoms with Crippen LogP contribution in [0.4, 0.5) is 0 Å². The second kappa shape index (κ2) is 6.71. The Kier molecular flexibility index (Phi) is 4.97. The number of esters is 1. The lowest BCUT2D eigenvalue weighted by Crippen LogP contribution is -2.37. The van der Waals surface area contributed by atoms with E-state index < -0.39 is 0 Å². The zero-order valence-corrected chi connectivity index (χ0v) is 11.9. The summed E-state index contributed by atoms with van der Waals surface area (Å²) in [7, 11) is 0. The molecule has 0 aromatic heterocycles. The van der Waals surface area contributed by atoms with Gasteiger partial charge in [0.2, 0.25) is 0 Å². The minimum atomic E-state index is -0.218. The highest BCUT2D eigenvalue weighted by Gasteiger charge is 2.17.